The number of rotatable bonds is 7. The number of anilines is 1. The third-order valence-electron chi connectivity index (χ3n) is 4.43. The van der Waals surface area contributed by atoms with E-state index in [2.05, 4.69) is 17.6 Å². The SMILES string of the molecule is CC[C@H](NC(=S)Nc1cc(C(=O)OC)ccc1C)c1ccc(OC)c(OC)c1. The van der Waals surface area contributed by atoms with Crippen molar-refractivity contribution < 1.29 is 19.0 Å². The van der Waals surface area contributed by atoms with E-state index >= 15 is 0 Å². The first-order valence-electron chi connectivity index (χ1n) is 8.91. The molecule has 2 rings (SSSR count). The molecule has 0 aliphatic carbocycles. The maximum atomic E-state index is 11.8. The van der Waals surface area contributed by atoms with Gasteiger partial charge in [0.05, 0.1) is 32.9 Å². The van der Waals surface area contributed by atoms with Crippen LogP contribution in [0.4, 0.5) is 5.69 Å². The van der Waals surface area contributed by atoms with Crippen LogP contribution >= 0.6 is 12.2 Å². The first-order valence-corrected chi connectivity index (χ1v) is 9.32. The molecule has 7 heteroatoms. The third-order valence-corrected chi connectivity index (χ3v) is 4.65. The number of carbonyl (C=O) groups excluding carboxylic acids is 1. The topological polar surface area (TPSA) is 68.8 Å². The Morgan fingerprint density at radius 1 is 1.07 bits per heavy atom. The molecule has 2 N–H and O–H groups in total. The predicted octanol–water partition coefficient (Wildman–Crippen LogP) is 4.24. The van der Waals surface area contributed by atoms with E-state index in [-0.39, 0.29) is 6.04 Å². The fourth-order valence-electron chi connectivity index (χ4n) is 2.81. The second kappa shape index (κ2) is 9.94. The average Bonchev–Trinajstić information content (AvgIpc) is 2.72. The Kier molecular flexibility index (Phi) is 7.63. The highest BCUT2D eigenvalue weighted by atomic mass is 32.1. The Balaban J connectivity index is 2.16. The number of hydrogen-bond donors (Lipinski definition) is 2. The second-order valence-corrected chi connectivity index (χ2v) is 6.60. The lowest BCUT2D eigenvalue weighted by molar-refractivity contribution is 0.0601. The van der Waals surface area contributed by atoms with Gasteiger partial charge in [0.15, 0.2) is 16.6 Å². The number of aryl methyl sites for hydroxylation is 1. The summed E-state index contributed by atoms with van der Waals surface area (Å²) in [4.78, 5) is 11.8. The number of methoxy groups -OCH3 is 3. The molecular weight excluding hydrogens is 376 g/mol. The Morgan fingerprint density at radius 2 is 1.79 bits per heavy atom. The van der Waals surface area contributed by atoms with E-state index in [0.29, 0.717) is 22.2 Å². The summed E-state index contributed by atoms with van der Waals surface area (Å²) in [6.45, 7) is 4.01. The summed E-state index contributed by atoms with van der Waals surface area (Å²) in [6, 6.07) is 11.1. The highest BCUT2D eigenvalue weighted by molar-refractivity contribution is 7.80. The van der Waals surface area contributed by atoms with Gasteiger partial charge >= 0.3 is 5.97 Å². The van der Waals surface area contributed by atoms with Gasteiger partial charge in [0, 0.05) is 5.69 Å². The molecule has 28 heavy (non-hydrogen) atoms. The number of hydrogen-bond acceptors (Lipinski definition) is 5. The summed E-state index contributed by atoms with van der Waals surface area (Å²) in [5.41, 5.74) is 3.22. The van der Waals surface area contributed by atoms with Gasteiger partial charge in [-0.1, -0.05) is 19.1 Å². The molecule has 150 valence electrons. The van der Waals surface area contributed by atoms with E-state index in [1.165, 1.54) is 7.11 Å². The Hall–Kier alpha value is -2.80. The Morgan fingerprint density at radius 3 is 2.39 bits per heavy atom. The van der Waals surface area contributed by atoms with E-state index in [1.54, 1.807) is 26.4 Å². The molecule has 0 aromatic heterocycles. The molecule has 0 unspecified atom stereocenters. The highest BCUT2D eigenvalue weighted by Gasteiger charge is 2.15. The molecule has 0 aliphatic rings. The number of thiocarbonyl (C=S) groups is 1. The number of ether oxygens (including phenoxy) is 3. The second-order valence-electron chi connectivity index (χ2n) is 6.19. The quantitative estimate of drug-likeness (QED) is 0.530. The lowest BCUT2D eigenvalue weighted by atomic mass is 10.0. The zero-order chi connectivity index (χ0) is 20.7. The highest BCUT2D eigenvalue weighted by Crippen LogP contribution is 2.31. The molecule has 0 heterocycles. The maximum absolute atomic E-state index is 11.8. The van der Waals surface area contributed by atoms with Crippen molar-refractivity contribution in [3.63, 3.8) is 0 Å². The van der Waals surface area contributed by atoms with Gasteiger partial charge in [-0.25, -0.2) is 4.79 Å². The summed E-state index contributed by atoms with van der Waals surface area (Å²) in [7, 11) is 4.58. The first kappa shape index (κ1) is 21.5. The van der Waals surface area contributed by atoms with Crippen LogP contribution in [0.3, 0.4) is 0 Å². The maximum Gasteiger partial charge on any atom is 0.337 e. The van der Waals surface area contributed by atoms with Crippen molar-refractivity contribution >= 4 is 29.0 Å². The molecular formula is C21H26N2O4S. The summed E-state index contributed by atoms with van der Waals surface area (Å²) in [6.07, 6.45) is 0.818. The first-order chi connectivity index (χ1) is 13.4. The average molecular weight is 403 g/mol. The standard InChI is InChI=1S/C21H26N2O4S/c1-6-16(14-9-10-18(25-3)19(12-14)26-4)22-21(28)23-17-11-15(20(24)27-5)8-7-13(17)2/h7-12,16H,6H2,1-5H3,(H2,22,23,28)/t16-/m0/s1. The van der Waals surface area contributed by atoms with E-state index in [4.69, 9.17) is 26.4 Å². The van der Waals surface area contributed by atoms with Gasteiger partial charge in [0.25, 0.3) is 0 Å². The number of esters is 1. The molecule has 0 radical (unpaired) electrons. The van der Waals surface area contributed by atoms with E-state index in [0.717, 1.165) is 23.2 Å². The molecule has 6 nitrogen and oxygen atoms in total. The fourth-order valence-corrected chi connectivity index (χ4v) is 3.06. The van der Waals surface area contributed by atoms with Crippen molar-refractivity contribution in [2.75, 3.05) is 26.6 Å². The molecule has 0 spiro atoms. The van der Waals surface area contributed by atoms with Crippen molar-refractivity contribution in [2.24, 2.45) is 0 Å². The van der Waals surface area contributed by atoms with Crippen LogP contribution in [-0.2, 0) is 4.74 Å². The zero-order valence-corrected chi connectivity index (χ0v) is 17.6. The van der Waals surface area contributed by atoms with Crippen LogP contribution in [0.1, 0.15) is 40.9 Å². The monoisotopic (exact) mass is 402 g/mol. The van der Waals surface area contributed by atoms with Crippen LogP contribution in [0, 0.1) is 6.92 Å². The molecule has 0 bridgehead atoms. The van der Waals surface area contributed by atoms with Crippen LogP contribution in [0.2, 0.25) is 0 Å². The van der Waals surface area contributed by atoms with Gasteiger partial charge in [-0.3, -0.25) is 0 Å². The summed E-state index contributed by atoms with van der Waals surface area (Å²) >= 11 is 5.49. The number of benzene rings is 2. The minimum Gasteiger partial charge on any atom is -0.493 e. The van der Waals surface area contributed by atoms with Crippen molar-refractivity contribution in [2.45, 2.75) is 26.3 Å². The van der Waals surface area contributed by atoms with Crippen LogP contribution < -0.4 is 20.1 Å². The van der Waals surface area contributed by atoms with Crippen LogP contribution in [0.25, 0.3) is 0 Å². The number of carbonyl (C=O) groups is 1. The molecule has 0 fully saturated rings. The van der Waals surface area contributed by atoms with Gasteiger partial charge in [0.2, 0.25) is 0 Å². The Labute approximate surface area is 171 Å². The minimum absolute atomic E-state index is 0.0103. The van der Waals surface area contributed by atoms with Crippen molar-refractivity contribution in [1.29, 1.82) is 0 Å². The lowest BCUT2D eigenvalue weighted by Crippen LogP contribution is -2.32. The third kappa shape index (κ3) is 5.13. The van der Waals surface area contributed by atoms with E-state index in [9.17, 15) is 4.79 Å². The van der Waals surface area contributed by atoms with Crippen molar-refractivity contribution in [3.05, 3.63) is 53.1 Å². The van der Waals surface area contributed by atoms with E-state index in [1.807, 2.05) is 31.2 Å². The van der Waals surface area contributed by atoms with Gasteiger partial charge in [-0.15, -0.1) is 0 Å². The summed E-state index contributed by atoms with van der Waals surface area (Å²) < 4.78 is 15.5. The normalized spacial score (nSPS) is 11.3. The smallest absolute Gasteiger partial charge is 0.337 e. The van der Waals surface area contributed by atoms with Crippen LogP contribution in [-0.4, -0.2) is 32.4 Å². The number of nitrogens with one attached hydrogen (secondary N) is 2. The van der Waals surface area contributed by atoms with Gasteiger partial charge < -0.3 is 24.8 Å². The minimum atomic E-state index is -0.390. The van der Waals surface area contributed by atoms with Crippen LogP contribution in [0.5, 0.6) is 11.5 Å². The van der Waals surface area contributed by atoms with Gasteiger partial charge in [-0.2, -0.15) is 0 Å². The summed E-state index contributed by atoms with van der Waals surface area (Å²) in [5, 5.41) is 6.95. The fraction of sp³-hybridized carbons (Fsp3) is 0.333. The molecule has 1 atom stereocenters. The van der Waals surface area contributed by atoms with Crippen molar-refractivity contribution in [1.82, 2.24) is 5.32 Å². The molecule has 0 aliphatic heterocycles. The van der Waals surface area contributed by atoms with Gasteiger partial charge in [-0.05, 0) is 61.0 Å². The van der Waals surface area contributed by atoms with Crippen LogP contribution in [0.15, 0.2) is 36.4 Å². The van der Waals surface area contributed by atoms with Gasteiger partial charge in [0.1, 0.15) is 0 Å². The molecule has 0 amide bonds. The molecule has 2 aromatic rings. The summed E-state index contributed by atoms with van der Waals surface area (Å²) in [5.74, 6) is 0.955. The largest absolute Gasteiger partial charge is 0.493 e. The molecule has 0 saturated heterocycles. The molecule has 2 aromatic carbocycles. The predicted molar refractivity (Wildman–Crippen MR) is 114 cm³/mol. The van der Waals surface area contributed by atoms with Crippen molar-refractivity contribution in [3.8, 4) is 11.5 Å². The Bertz CT molecular complexity index is 854. The molecule has 0 saturated carbocycles. The lowest BCUT2D eigenvalue weighted by Gasteiger charge is -2.22. The zero-order valence-electron chi connectivity index (χ0n) is 16.8. The van der Waals surface area contributed by atoms with E-state index < -0.39 is 5.97 Å².